The first-order valence-corrected chi connectivity index (χ1v) is 7.85. The number of hydrogen-bond acceptors (Lipinski definition) is 3. The standard InChI is InChI=1S/C17H16ClN3O3/c1-9-13(7-8-14(22)23)17(24)21-16(19-9)15(10(2)20-21)11-3-5-12(18)6-4-11/h3-6,20H,7-8H2,1-2H3,(H,22,23). The Morgan fingerprint density at radius 1 is 1.29 bits per heavy atom. The van der Waals surface area contributed by atoms with Crippen LogP contribution in [-0.2, 0) is 11.2 Å². The van der Waals surface area contributed by atoms with Crippen LogP contribution in [0, 0.1) is 13.8 Å². The van der Waals surface area contributed by atoms with Gasteiger partial charge in [0.2, 0.25) is 0 Å². The number of benzene rings is 1. The van der Waals surface area contributed by atoms with Crippen LogP contribution in [0.15, 0.2) is 29.1 Å². The monoisotopic (exact) mass is 345 g/mol. The summed E-state index contributed by atoms with van der Waals surface area (Å²) in [6.07, 6.45) is 0.0534. The van der Waals surface area contributed by atoms with E-state index in [4.69, 9.17) is 16.7 Å². The Bertz CT molecular complexity index is 987. The maximum atomic E-state index is 12.7. The Hall–Kier alpha value is -2.60. The number of fused-ring (bicyclic) bond motifs is 1. The first kappa shape index (κ1) is 16.3. The Morgan fingerprint density at radius 2 is 1.96 bits per heavy atom. The highest BCUT2D eigenvalue weighted by atomic mass is 35.5. The topological polar surface area (TPSA) is 87.5 Å². The molecule has 6 nitrogen and oxygen atoms in total. The van der Waals surface area contributed by atoms with Crippen molar-refractivity contribution in [1.29, 1.82) is 0 Å². The number of aromatic nitrogens is 3. The molecule has 2 heterocycles. The summed E-state index contributed by atoms with van der Waals surface area (Å²) in [7, 11) is 0. The summed E-state index contributed by atoms with van der Waals surface area (Å²) in [5.41, 5.74) is 3.77. The average molecular weight is 346 g/mol. The number of H-pyrrole nitrogens is 1. The van der Waals surface area contributed by atoms with Crippen LogP contribution in [0.2, 0.25) is 5.02 Å². The number of carboxylic acids is 1. The maximum absolute atomic E-state index is 12.7. The predicted molar refractivity (Wildman–Crippen MR) is 91.7 cm³/mol. The molecular formula is C17H16ClN3O3. The van der Waals surface area contributed by atoms with E-state index < -0.39 is 5.97 Å². The number of aliphatic carboxylic acids is 1. The van der Waals surface area contributed by atoms with Gasteiger partial charge in [-0.15, -0.1) is 0 Å². The van der Waals surface area contributed by atoms with Crippen LogP contribution in [-0.4, -0.2) is 25.7 Å². The normalized spacial score (nSPS) is 11.1. The third-order valence-electron chi connectivity index (χ3n) is 3.98. The third kappa shape index (κ3) is 2.80. The molecule has 0 fully saturated rings. The molecule has 0 saturated heterocycles. The molecular weight excluding hydrogens is 330 g/mol. The SMILES string of the molecule is Cc1nc2c(-c3ccc(Cl)cc3)c(C)[nH]n2c(=O)c1CCC(=O)O. The van der Waals surface area contributed by atoms with Crippen LogP contribution in [0.4, 0.5) is 0 Å². The van der Waals surface area contributed by atoms with E-state index in [1.165, 1.54) is 4.52 Å². The van der Waals surface area contributed by atoms with Gasteiger partial charge in [0.15, 0.2) is 5.65 Å². The Morgan fingerprint density at radius 3 is 2.58 bits per heavy atom. The number of rotatable bonds is 4. The molecule has 2 N–H and O–H groups in total. The number of halogens is 1. The van der Waals surface area contributed by atoms with Crippen LogP contribution < -0.4 is 5.56 Å². The summed E-state index contributed by atoms with van der Waals surface area (Å²) < 4.78 is 1.38. The predicted octanol–water partition coefficient (Wildman–Crippen LogP) is 2.98. The Balaban J connectivity index is 2.20. The second-order valence-corrected chi connectivity index (χ2v) is 6.09. The smallest absolute Gasteiger partial charge is 0.303 e. The van der Waals surface area contributed by atoms with Gasteiger partial charge >= 0.3 is 5.97 Å². The second-order valence-electron chi connectivity index (χ2n) is 5.65. The molecule has 1 aromatic carbocycles. The number of carboxylic acid groups (broad SMARTS) is 1. The van der Waals surface area contributed by atoms with E-state index in [2.05, 4.69) is 10.1 Å². The molecule has 0 saturated carbocycles. The summed E-state index contributed by atoms with van der Waals surface area (Å²) in [6.45, 7) is 3.59. The summed E-state index contributed by atoms with van der Waals surface area (Å²) in [4.78, 5) is 28.0. The van der Waals surface area contributed by atoms with Gasteiger partial charge in [0, 0.05) is 34.0 Å². The molecule has 0 atom stereocenters. The minimum absolute atomic E-state index is 0.104. The number of carbonyl (C=O) groups is 1. The maximum Gasteiger partial charge on any atom is 0.303 e. The molecule has 124 valence electrons. The van der Waals surface area contributed by atoms with E-state index in [1.54, 1.807) is 19.1 Å². The molecule has 0 amide bonds. The van der Waals surface area contributed by atoms with Crippen LogP contribution in [0.3, 0.4) is 0 Å². The van der Waals surface area contributed by atoms with Gasteiger partial charge < -0.3 is 5.11 Å². The average Bonchev–Trinajstić information content (AvgIpc) is 2.84. The van der Waals surface area contributed by atoms with E-state index in [-0.39, 0.29) is 18.4 Å². The Labute approximate surface area is 142 Å². The molecule has 7 heteroatoms. The van der Waals surface area contributed by atoms with Gasteiger partial charge in [-0.1, -0.05) is 23.7 Å². The van der Waals surface area contributed by atoms with Crippen molar-refractivity contribution >= 4 is 23.2 Å². The second kappa shape index (κ2) is 6.13. The fraction of sp³-hybridized carbons (Fsp3) is 0.235. The molecule has 3 rings (SSSR count). The molecule has 24 heavy (non-hydrogen) atoms. The van der Waals surface area contributed by atoms with E-state index in [9.17, 15) is 9.59 Å². The lowest BCUT2D eigenvalue weighted by atomic mass is 10.1. The minimum atomic E-state index is -0.941. The highest BCUT2D eigenvalue weighted by Gasteiger charge is 2.18. The molecule has 3 aromatic rings. The fourth-order valence-electron chi connectivity index (χ4n) is 2.81. The van der Waals surface area contributed by atoms with Crippen LogP contribution >= 0.6 is 11.6 Å². The zero-order chi connectivity index (χ0) is 17.4. The lowest BCUT2D eigenvalue weighted by Crippen LogP contribution is -2.22. The van der Waals surface area contributed by atoms with Crippen molar-refractivity contribution in [1.82, 2.24) is 14.6 Å². The van der Waals surface area contributed by atoms with Crippen LogP contribution in [0.5, 0.6) is 0 Å². The van der Waals surface area contributed by atoms with E-state index >= 15 is 0 Å². The van der Waals surface area contributed by atoms with E-state index in [1.807, 2.05) is 19.1 Å². The van der Waals surface area contributed by atoms with Gasteiger partial charge in [-0.2, -0.15) is 0 Å². The zero-order valence-corrected chi connectivity index (χ0v) is 14.0. The first-order valence-electron chi connectivity index (χ1n) is 7.47. The lowest BCUT2D eigenvalue weighted by molar-refractivity contribution is -0.136. The van der Waals surface area contributed by atoms with Crippen molar-refractivity contribution in [3.05, 3.63) is 56.6 Å². The highest BCUT2D eigenvalue weighted by Crippen LogP contribution is 2.28. The van der Waals surface area contributed by atoms with Crippen molar-refractivity contribution in [3.8, 4) is 11.1 Å². The number of aromatic amines is 1. The minimum Gasteiger partial charge on any atom is -0.481 e. The quantitative estimate of drug-likeness (QED) is 0.761. The number of nitrogens with zero attached hydrogens (tertiary/aromatic N) is 2. The number of aryl methyl sites for hydroxylation is 2. The van der Waals surface area contributed by atoms with Gasteiger partial charge in [0.1, 0.15) is 0 Å². The van der Waals surface area contributed by atoms with E-state index in [0.717, 1.165) is 16.8 Å². The van der Waals surface area contributed by atoms with Gasteiger partial charge in [-0.25, -0.2) is 9.50 Å². The molecule has 0 unspecified atom stereocenters. The molecule has 0 aliphatic rings. The molecule has 0 aliphatic heterocycles. The first-order chi connectivity index (χ1) is 11.4. The van der Waals surface area contributed by atoms with Crippen molar-refractivity contribution < 1.29 is 9.90 Å². The largest absolute Gasteiger partial charge is 0.481 e. The zero-order valence-electron chi connectivity index (χ0n) is 13.3. The van der Waals surface area contributed by atoms with Crippen LogP contribution in [0.1, 0.15) is 23.4 Å². The van der Waals surface area contributed by atoms with Crippen LogP contribution in [0.25, 0.3) is 16.8 Å². The van der Waals surface area contributed by atoms with Gasteiger partial charge in [0.25, 0.3) is 5.56 Å². The molecule has 0 bridgehead atoms. The fourth-order valence-corrected chi connectivity index (χ4v) is 2.93. The van der Waals surface area contributed by atoms with Crippen molar-refractivity contribution in [2.75, 3.05) is 0 Å². The number of hydrogen-bond donors (Lipinski definition) is 2. The molecule has 0 radical (unpaired) electrons. The number of nitrogens with one attached hydrogen (secondary N) is 1. The summed E-state index contributed by atoms with van der Waals surface area (Å²) in [5, 5.41) is 12.5. The van der Waals surface area contributed by atoms with Gasteiger partial charge in [-0.3, -0.25) is 14.7 Å². The van der Waals surface area contributed by atoms with Gasteiger partial charge in [-0.05, 0) is 38.0 Å². The summed E-state index contributed by atoms with van der Waals surface area (Å²) in [6, 6.07) is 7.31. The van der Waals surface area contributed by atoms with E-state index in [0.29, 0.717) is 21.9 Å². The highest BCUT2D eigenvalue weighted by molar-refractivity contribution is 6.30. The molecule has 0 spiro atoms. The lowest BCUT2D eigenvalue weighted by Gasteiger charge is -2.05. The van der Waals surface area contributed by atoms with Crippen molar-refractivity contribution in [3.63, 3.8) is 0 Å². The summed E-state index contributed by atoms with van der Waals surface area (Å²) >= 11 is 5.94. The summed E-state index contributed by atoms with van der Waals surface area (Å²) in [5.74, 6) is -0.941. The van der Waals surface area contributed by atoms with Crippen molar-refractivity contribution in [2.24, 2.45) is 0 Å². The Kier molecular flexibility index (Phi) is 4.15. The van der Waals surface area contributed by atoms with Gasteiger partial charge in [0.05, 0.1) is 0 Å². The van der Waals surface area contributed by atoms with Crippen molar-refractivity contribution in [2.45, 2.75) is 26.7 Å². The molecule has 2 aromatic heterocycles. The molecule has 0 aliphatic carbocycles. The third-order valence-corrected chi connectivity index (χ3v) is 4.24.